The lowest BCUT2D eigenvalue weighted by atomic mass is 10.1. The van der Waals surface area contributed by atoms with Crippen molar-refractivity contribution in [2.75, 3.05) is 31.6 Å². The first kappa shape index (κ1) is 19.6. The molecule has 2 rings (SSSR count). The van der Waals surface area contributed by atoms with E-state index in [-0.39, 0.29) is 23.3 Å². The van der Waals surface area contributed by atoms with Gasteiger partial charge in [0.15, 0.2) is 0 Å². The number of carbonyl (C=O) groups excluding carboxylic acids is 2. The molecule has 0 saturated carbocycles. The first-order chi connectivity index (χ1) is 12.2. The van der Waals surface area contributed by atoms with Crippen molar-refractivity contribution < 1.29 is 19.1 Å². The van der Waals surface area contributed by atoms with Crippen LogP contribution in [0.15, 0.2) is 18.2 Å². The van der Waals surface area contributed by atoms with E-state index in [1.807, 2.05) is 33.8 Å². The quantitative estimate of drug-likeness (QED) is 0.755. The van der Waals surface area contributed by atoms with Crippen LogP contribution in [0.25, 0.3) is 0 Å². The van der Waals surface area contributed by atoms with E-state index in [0.717, 1.165) is 5.69 Å². The predicted molar refractivity (Wildman–Crippen MR) is 97.1 cm³/mol. The second kappa shape index (κ2) is 7.65. The number of methoxy groups -OCH3 is 1. The number of anilines is 1. The third-order valence-corrected chi connectivity index (χ3v) is 4.14. The average molecular weight is 359 g/mol. The summed E-state index contributed by atoms with van der Waals surface area (Å²) in [6, 6.07) is 7.18. The summed E-state index contributed by atoms with van der Waals surface area (Å²) in [6.45, 7) is 9.21. The van der Waals surface area contributed by atoms with Gasteiger partial charge in [0.1, 0.15) is 11.7 Å². The van der Waals surface area contributed by atoms with Gasteiger partial charge in [0.05, 0.1) is 18.2 Å². The molecule has 0 N–H and O–H groups in total. The largest absolute Gasteiger partial charge is 0.465 e. The van der Waals surface area contributed by atoms with Crippen LogP contribution in [0, 0.1) is 11.3 Å². The Balaban J connectivity index is 2.14. The molecule has 1 heterocycles. The molecule has 1 aromatic carbocycles. The van der Waals surface area contributed by atoms with E-state index in [0.29, 0.717) is 19.6 Å². The Kier molecular flexibility index (Phi) is 5.76. The molecule has 7 heteroatoms. The summed E-state index contributed by atoms with van der Waals surface area (Å²) in [5, 5.41) is 9.33. The molecule has 140 valence electrons. The topological polar surface area (TPSA) is 82.9 Å². The fraction of sp³-hybridized carbons (Fsp3) is 0.526. The molecule has 1 atom stereocenters. The van der Waals surface area contributed by atoms with Crippen molar-refractivity contribution in [3.8, 4) is 6.07 Å². The molecule has 0 radical (unpaired) electrons. The molecule has 1 amide bonds. The van der Waals surface area contributed by atoms with E-state index in [1.54, 1.807) is 23.1 Å². The highest BCUT2D eigenvalue weighted by Gasteiger charge is 2.30. The number of nitriles is 1. The normalized spacial score (nSPS) is 17.5. The average Bonchev–Trinajstić information content (AvgIpc) is 2.59. The number of hydrogen-bond acceptors (Lipinski definition) is 6. The number of esters is 1. The Morgan fingerprint density at radius 1 is 1.27 bits per heavy atom. The van der Waals surface area contributed by atoms with Crippen LogP contribution in [0.1, 0.15) is 43.6 Å². The van der Waals surface area contributed by atoms with Crippen molar-refractivity contribution in [3.05, 3.63) is 29.3 Å². The number of hydrogen-bond donors (Lipinski definition) is 0. The lowest BCUT2D eigenvalue weighted by Crippen LogP contribution is -2.54. The van der Waals surface area contributed by atoms with Gasteiger partial charge in [-0.15, -0.1) is 0 Å². The zero-order valence-electron chi connectivity index (χ0n) is 15.9. The van der Waals surface area contributed by atoms with Crippen molar-refractivity contribution in [2.24, 2.45) is 0 Å². The van der Waals surface area contributed by atoms with Crippen molar-refractivity contribution in [2.45, 2.75) is 39.3 Å². The zero-order valence-corrected chi connectivity index (χ0v) is 15.9. The Bertz CT molecular complexity index is 733. The molecule has 0 spiro atoms. The lowest BCUT2D eigenvalue weighted by Gasteiger charge is -2.41. The van der Waals surface area contributed by atoms with Crippen LogP contribution >= 0.6 is 0 Å². The highest BCUT2D eigenvalue weighted by molar-refractivity contribution is 5.92. The molecule has 0 bridgehead atoms. The molecular formula is C19H25N3O4. The maximum absolute atomic E-state index is 12.2. The lowest BCUT2D eigenvalue weighted by molar-refractivity contribution is 0.0218. The number of nitrogens with zero attached hydrogens (tertiary/aromatic N) is 3. The van der Waals surface area contributed by atoms with Gasteiger partial charge in [-0.3, -0.25) is 0 Å². The second-order valence-electron chi connectivity index (χ2n) is 7.30. The van der Waals surface area contributed by atoms with Crippen LogP contribution in [0.4, 0.5) is 10.5 Å². The summed E-state index contributed by atoms with van der Waals surface area (Å²) in [5.74, 6) is -0.532. The first-order valence-electron chi connectivity index (χ1n) is 8.53. The van der Waals surface area contributed by atoms with Crippen LogP contribution in [0.5, 0.6) is 0 Å². The fourth-order valence-electron chi connectivity index (χ4n) is 2.92. The molecule has 7 nitrogen and oxygen atoms in total. The summed E-state index contributed by atoms with van der Waals surface area (Å²) < 4.78 is 10.1. The molecule has 1 fully saturated rings. The van der Waals surface area contributed by atoms with Crippen molar-refractivity contribution >= 4 is 17.7 Å². The minimum Gasteiger partial charge on any atom is -0.465 e. The zero-order chi connectivity index (χ0) is 19.5. The van der Waals surface area contributed by atoms with E-state index in [1.165, 1.54) is 7.11 Å². The molecule has 1 saturated heterocycles. The number of piperazine rings is 1. The molecule has 0 aliphatic carbocycles. The number of ether oxygens (including phenoxy) is 2. The standard InChI is InChI=1S/C19H25N3O4/c1-13-12-21(18(24)26-19(2,3)4)8-9-22(13)15-6-7-16(17(23)25-5)14(10-15)11-20/h6-7,10,13H,8-9,12H2,1-5H3. The Morgan fingerprint density at radius 3 is 2.50 bits per heavy atom. The summed E-state index contributed by atoms with van der Waals surface area (Å²) >= 11 is 0. The molecule has 1 unspecified atom stereocenters. The van der Waals surface area contributed by atoms with Crippen LogP contribution in [0.3, 0.4) is 0 Å². The Labute approximate surface area is 154 Å². The SMILES string of the molecule is COC(=O)c1ccc(N2CCN(C(=O)OC(C)(C)C)CC2C)cc1C#N. The maximum atomic E-state index is 12.2. The third-order valence-electron chi connectivity index (χ3n) is 4.14. The predicted octanol–water partition coefficient (Wildman–Crippen LogP) is 2.79. The van der Waals surface area contributed by atoms with Gasteiger partial charge in [-0.1, -0.05) is 0 Å². The van der Waals surface area contributed by atoms with Gasteiger partial charge in [-0.25, -0.2) is 9.59 Å². The van der Waals surface area contributed by atoms with Gasteiger partial charge in [0.2, 0.25) is 0 Å². The molecule has 1 aliphatic heterocycles. The highest BCUT2D eigenvalue weighted by Crippen LogP contribution is 2.25. The van der Waals surface area contributed by atoms with Gasteiger partial charge in [0, 0.05) is 31.4 Å². The van der Waals surface area contributed by atoms with E-state index >= 15 is 0 Å². The van der Waals surface area contributed by atoms with Gasteiger partial charge < -0.3 is 19.3 Å². The molecule has 26 heavy (non-hydrogen) atoms. The van der Waals surface area contributed by atoms with Crippen LogP contribution in [-0.4, -0.2) is 55.3 Å². The maximum Gasteiger partial charge on any atom is 0.410 e. The highest BCUT2D eigenvalue weighted by atomic mass is 16.6. The summed E-state index contributed by atoms with van der Waals surface area (Å²) in [7, 11) is 1.29. The van der Waals surface area contributed by atoms with E-state index in [2.05, 4.69) is 4.90 Å². The third kappa shape index (κ3) is 4.45. The van der Waals surface area contributed by atoms with Crippen molar-refractivity contribution in [1.82, 2.24) is 4.90 Å². The van der Waals surface area contributed by atoms with Gasteiger partial charge in [0.25, 0.3) is 0 Å². The Morgan fingerprint density at radius 2 is 1.96 bits per heavy atom. The van der Waals surface area contributed by atoms with Crippen molar-refractivity contribution in [3.63, 3.8) is 0 Å². The summed E-state index contributed by atoms with van der Waals surface area (Å²) in [6.07, 6.45) is -0.317. The van der Waals surface area contributed by atoms with Crippen LogP contribution in [0.2, 0.25) is 0 Å². The summed E-state index contributed by atoms with van der Waals surface area (Å²) in [5.41, 5.74) is 0.837. The van der Waals surface area contributed by atoms with E-state index < -0.39 is 11.6 Å². The van der Waals surface area contributed by atoms with Crippen molar-refractivity contribution in [1.29, 1.82) is 5.26 Å². The fourth-order valence-corrected chi connectivity index (χ4v) is 2.92. The van der Waals surface area contributed by atoms with Crippen LogP contribution in [-0.2, 0) is 9.47 Å². The minimum atomic E-state index is -0.532. The number of amides is 1. The number of benzene rings is 1. The minimum absolute atomic E-state index is 0.0480. The van der Waals surface area contributed by atoms with E-state index in [9.17, 15) is 14.9 Å². The van der Waals surface area contributed by atoms with E-state index in [4.69, 9.17) is 9.47 Å². The van der Waals surface area contributed by atoms with Gasteiger partial charge in [-0.05, 0) is 45.9 Å². The smallest absolute Gasteiger partial charge is 0.410 e. The first-order valence-corrected chi connectivity index (χ1v) is 8.53. The molecular weight excluding hydrogens is 334 g/mol. The second-order valence-corrected chi connectivity index (χ2v) is 7.30. The van der Waals surface area contributed by atoms with Gasteiger partial charge >= 0.3 is 12.1 Å². The summed E-state index contributed by atoms with van der Waals surface area (Å²) in [4.78, 5) is 27.8. The Hall–Kier alpha value is -2.75. The molecule has 1 aromatic rings. The molecule has 0 aromatic heterocycles. The van der Waals surface area contributed by atoms with Crippen LogP contribution < -0.4 is 4.90 Å². The number of rotatable bonds is 2. The molecule has 1 aliphatic rings. The van der Waals surface area contributed by atoms with Gasteiger partial charge in [-0.2, -0.15) is 5.26 Å². The monoisotopic (exact) mass is 359 g/mol. The number of carbonyl (C=O) groups is 2.